The lowest BCUT2D eigenvalue weighted by Gasteiger charge is -2.39. The zero-order valence-corrected chi connectivity index (χ0v) is 15.7. The summed E-state index contributed by atoms with van der Waals surface area (Å²) in [7, 11) is 0. The van der Waals surface area contributed by atoms with Crippen molar-refractivity contribution in [3.63, 3.8) is 0 Å². The summed E-state index contributed by atoms with van der Waals surface area (Å²) in [6, 6.07) is 9.90. The van der Waals surface area contributed by atoms with Gasteiger partial charge >= 0.3 is 12.2 Å². The molecule has 2 amide bonds. The van der Waals surface area contributed by atoms with Crippen molar-refractivity contribution in [2.24, 2.45) is 0 Å². The van der Waals surface area contributed by atoms with Gasteiger partial charge in [-0.2, -0.15) is 0 Å². The third-order valence-electron chi connectivity index (χ3n) is 4.87. The predicted molar refractivity (Wildman–Crippen MR) is 97.7 cm³/mol. The second kappa shape index (κ2) is 7.56. The second-order valence-electron chi connectivity index (χ2n) is 8.15. The number of nitrogens with zero attached hydrogens (tertiary/aromatic N) is 1. The molecule has 3 rings (SSSR count). The number of fused-ring (bicyclic) bond motifs is 2. The van der Waals surface area contributed by atoms with Gasteiger partial charge in [-0.1, -0.05) is 30.3 Å². The van der Waals surface area contributed by atoms with Crippen molar-refractivity contribution < 1.29 is 19.1 Å². The van der Waals surface area contributed by atoms with Crippen LogP contribution in [0.25, 0.3) is 0 Å². The van der Waals surface area contributed by atoms with Gasteiger partial charge in [0.2, 0.25) is 0 Å². The molecule has 0 spiro atoms. The molecular formula is C20H28N2O4. The number of carbonyl (C=O) groups is 2. The molecule has 2 heterocycles. The van der Waals surface area contributed by atoms with Crippen LogP contribution in [0.3, 0.4) is 0 Å². The van der Waals surface area contributed by atoms with Crippen molar-refractivity contribution in [2.75, 3.05) is 0 Å². The average Bonchev–Trinajstić information content (AvgIpc) is 2.84. The molecule has 1 aromatic carbocycles. The lowest BCUT2D eigenvalue weighted by molar-refractivity contribution is 0.00476. The fourth-order valence-electron chi connectivity index (χ4n) is 3.84. The summed E-state index contributed by atoms with van der Waals surface area (Å²) >= 11 is 0. The summed E-state index contributed by atoms with van der Waals surface area (Å²) in [4.78, 5) is 26.4. The fourth-order valence-corrected chi connectivity index (χ4v) is 3.84. The van der Waals surface area contributed by atoms with Crippen molar-refractivity contribution in [2.45, 2.75) is 76.8 Å². The van der Waals surface area contributed by atoms with Gasteiger partial charge in [-0.3, -0.25) is 0 Å². The minimum atomic E-state index is -0.493. The molecule has 0 radical (unpaired) electrons. The van der Waals surface area contributed by atoms with E-state index in [0.717, 1.165) is 31.2 Å². The molecular weight excluding hydrogens is 332 g/mol. The number of piperidine rings is 1. The maximum atomic E-state index is 12.5. The van der Waals surface area contributed by atoms with E-state index in [9.17, 15) is 9.59 Å². The first-order valence-electron chi connectivity index (χ1n) is 9.30. The third kappa shape index (κ3) is 4.68. The number of benzene rings is 1. The Bertz CT molecular complexity index is 627. The first kappa shape index (κ1) is 18.5. The first-order chi connectivity index (χ1) is 12.3. The Morgan fingerprint density at radius 1 is 1.12 bits per heavy atom. The Morgan fingerprint density at radius 3 is 2.31 bits per heavy atom. The highest BCUT2D eigenvalue weighted by molar-refractivity contribution is 5.70. The highest BCUT2D eigenvalue weighted by Gasteiger charge is 2.45. The summed E-state index contributed by atoms with van der Waals surface area (Å²) in [6.07, 6.45) is 2.77. The Labute approximate surface area is 154 Å². The van der Waals surface area contributed by atoms with Crippen LogP contribution in [0.5, 0.6) is 0 Å². The SMILES string of the molecule is CC(C)(C)OC(=O)N1[C@@H]2CC[C@H]1C[C@H](NC(=O)OCc1ccccc1)C2. The Hall–Kier alpha value is -2.24. The molecule has 2 fully saturated rings. The van der Waals surface area contributed by atoms with Crippen LogP contribution in [-0.4, -0.2) is 40.8 Å². The zero-order valence-electron chi connectivity index (χ0n) is 15.7. The van der Waals surface area contributed by atoms with Gasteiger partial charge in [0.1, 0.15) is 12.2 Å². The Kier molecular flexibility index (Phi) is 5.39. The summed E-state index contributed by atoms with van der Waals surface area (Å²) in [5, 5.41) is 2.96. The van der Waals surface area contributed by atoms with Crippen molar-refractivity contribution >= 4 is 12.2 Å². The Balaban J connectivity index is 1.49. The zero-order chi connectivity index (χ0) is 18.7. The molecule has 0 saturated carbocycles. The maximum absolute atomic E-state index is 12.5. The molecule has 6 heteroatoms. The number of rotatable bonds is 3. The van der Waals surface area contributed by atoms with Gasteiger partial charge < -0.3 is 19.7 Å². The van der Waals surface area contributed by atoms with Crippen LogP contribution in [0, 0.1) is 0 Å². The number of alkyl carbamates (subject to hydrolysis) is 1. The van der Waals surface area contributed by atoms with Gasteiger partial charge in [-0.15, -0.1) is 0 Å². The number of hydrogen-bond donors (Lipinski definition) is 1. The van der Waals surface area contributed by atoms with E-state index in [1.54, 1.807) is 0 Å². The van der Waals surface area contributed by atoms with Crippen LogP contribution in [0.4, 0.5) is 9.59 Å². The largest absolute Gasteiger partial charge is 0.445 e. The lowest BCUT2D eigenvalue weighted by atomic mass is 9.98. The van der Waals surface area contributed by atoms with Crippen LogP contribution in [0.1, 0.15) is 52.0 Å². The van der Waals surface area contributed by atoms with Gasteiger partial charge in [-0.05, 0) is 52.0 Å². The van der Waals surface area contributed by atoms with E-state index in [2.05, 4.69) is 5.32 Å². The van der Waals surface area contributed by atoms with Crippen LogP contribution >= 0.6 is 0 Å². The number of nitrogens with one attached hydrogen (secondary N) is 1. The van der Waals surface area contributed by atoms with Crippen LogP contribution in [0.2, 0.25) is 0 Å². The molecule has 2 aliphatic heterocycles. The molecule has 6 nitrogen and oxygen atoms in total. The number of hydrogen-bond acceptors (Lipinski definition) is 4. The molecule has 0 aliphatic carbocycles. The molecule has 3 atom stereocenters. The van der Waals surface area contributed by atoms with Crippen LogP contribution in [0.15, 0.2) is 30.3 Å². The highest BCUT2D eigenvalue weighted by Crippen LogP contribution is 2.36. The molecule has 2 aliphatic rings. The minimum absolute atomic E-state index is 0.0365. The molecule has 1 N–H and O–H groups in total. The highest BCUT2D eigenvalue weighted by atomic mass is 16.6. The summed E-state index contributed by atoms with van der Waals surface area (Å²) in [5.74, 6) is 0. The lowest BCUT2D eigenvalue weighted by Crippen LogP contribution is -2.53. The van der Waals surface area contributed by atoms with E-state index in [1.807, 2.05) is 56.0 Å². The summed E-state index contributed by atoms with van der Waals surface area (Å²) in [6.45, 7) is 5.90. The summed E-state index contributed by atoms with van der Waals surface area (Å²) < 4.78 is 10.8. The molecule has 142 valence electrons. The number of carbonyl (C=O) groups excluding carboxylic acids is 2. The van der Waals surface area contributed by atoms with E-state index in [1.165, 1.54) is 0 Å². The normalized spacial score (nSPS) is 24.9. The monoisotopic (exact) mass is 360 g/mol. The Morgan fingerprint density at radius 2 is 1.73 bits per heavy atom. The predicted octanol–water partition coefficient (Wildman–Crippen LogP) is 3.84. The van der Waals surface area contributed by atoms with Gasteiger partial charge in [0.25, 0.3) is 0 Å². The van der Waals surface area contributed by atoms with E-state index in [4.69, 9.17) is 9.47 Å². The fraction of sp³-hybridized carbons (Fsp3) is 0.600. The standard InChI is InChI=1S/C20H28N2O4/c1-20(2,3)26-19(24)22-16-9-10-17(22)12-15(11-16)21-18(23)25-13-14-7-5-4-6-8-14/h4-8,15-17H,9-13H2,1-3H3,(H,21,23)/t15-,16-,17+. The summed E-state index contributed by atoms with van der Waals surface area (Å²) in [5.41, 5.74) is 0.467. The van der Waals surface area contributed by atoms with Gasteiger partial charge in [-0.25, -0.2) is 9.59 Å². The van der Waals surface area contributed by atoms with Crippen molar-refractivity contribution in [3.8, 4) is 0 Å². The smallest absolute Gasteiger partial charge is 0.410 e. The molecule has 2 saturated heterocycles. The number of ether oxygens (including phenoxy) is 2. The van der Waals surface area contributed by atoms with Crippen molar-refractivity contribution in [3.05, 3.63) is 35.9 Å². The van der Waals surface area contributed by atoms with E-state index < -0.39 is 11.7 Å². The van der Waals surface area contributed by atoms with Crippen LogP contribution < -0.4 is 5.32 Å². The first-order valence-corrected chi connectivity index (χ1v) is 9.30. The van der Waals surface area contributed by atoms with Gasteiger partial charge in [0.15, 0.2) is 0 Å². The third-order valence-corrected chi connectivity index (χ3v) is 4.87. The quantitative estimate of drug-likeness (QED) is 0.889. The van der Waals surface area contributed by atoms with Crippen molar-refractivity contribution in [1.29, 1.82) is 0 Å². The van der Waals surface area contributed by atoms with Gasteiger partial charge in [0.05, 0.1) is 0 Å². The van der Waals surface area contributed by atoms with Crippen molar-refractivity contribution in [1.82, 2.24) is 10.2 Å². The van der Waals surface area contributed by atoms with E-state index in [0.29, 0.717) is 0 Å². The molecule has 26 heavy (non-hydrogen) atoms. The molecule has 1 aromatic rings. The van der Waals surface area contributed by atoms with Gasteiger partial charge in [0, 0.05) is 18.1 Å². The average molecular weight is 360 g/mol. The minimum Gasteiger partial charge on any atom is -0.445 e. The van der Waals surface area contributed by atoms with Crippen LogP contribution in [-0.2, 0) is 16.1 Å². The number of amides is 2. The molecule has 2 bridgehead atoms. The topological polar surface area (TPSA) is 67.9 Å². The van der Waals surface area contributed by atoms with E-state index >= 15 is 0 Å². The van der Waals surface area contributed by atoms with E-state index in [-0.39, 0.29) is 30.8 Å². The second-order valence-corrected chi connectivity index (χ2v) is 8.15. The maximum Gasteiger partial charge on any atom is 0.410 e. The molecule has 0 aromatic heterocycles. The molecule has 0 unspecified atom stereocenters.